The molecule has 2 heterocycles. The van der Waals surface area contributed by atoms with Gasteiger partial charge in [0, 0.05) is 22.9 Å². The molecule has 5 aromatic rings. The van der Waals surface area contributed by atoms with Gasteiger partial charge in [-0.25, -0.2) is 0 Å². The molecule has 1 unspecified atom stereocenters. The zero-order valence-corrected chi connectivity index (χ0v) is 18.6. The first-order valence-electron chi connectivity index (χ1n) is 10.9. The van der Waals surface area contributed by atoms with Crippen LogP contribution in [-0.4, -0.2) is 21.1 Å². The quantitative estimate of drug-likeness (QED) is 0.366. The van der Waals surface area contributed by atoms with Crippen molar-refractivity contribution in [2.45, 2.75) is 13.0 Å². The number of amides is 1. The van der Waals surface area contributed by atoms with Crippen LogP contribution in [0, 0.1) is 6.92 Å². The maximum absolute atomic E-state index is 13.1. The first-order chi connectivity index (χ1) is 16.7. The summed E-state index contributed by atoms with van der Waals surface area (Å²) in [5, 5.41) is 11.4. The fourth-order valence-corrected chi connectivity index (χ4v) is 3.73. The van der Waals surface area contributed by atoms with Crippen molar-refractivity contribution in [2.24, 2.45) is 0 Å². The van der Waals surface area contributed by atoms with E-state index in [0.29, 0.717) is 17.3 Å². The summed E-state index contributed by atoms with van der Waals surface area (Å²) < 4.78 is 5.86. The Morgan fingerprint density at radius 3 is 2.24 bits per heavy atom. The van der Waals surface area contributed by atoms with Crippen LogP contribution < -0.4 is 5.32 Å². The molecule has 2 aromatic heterocycles. The highest BCUT2D eigenvalue weighted by atomic mass is 16.4. The molecule has 1 N–H and O–H groups in total. The third-order valence-corrected chi connectivity index (χ3v) is 5.48. The van der Waals surface area contributed by atoms with E-state index in [9.17, 15) is 4.79 Å². The molecule has 0 aliphatic heterocycles. The molecular weight excluding hydrogens is 424 g/mol. The lowest BCUT2D eigenvalue weighted by Crippen LogP contribution is -2.29. The summed E-state index contributed by atoms with van der Waals surface area (Å²) in [5.74, 6) is 0.665. The van der Waals surface area contributed by atoms with Gasteiger partial charge in [0.1, 0.15) is 0 Å². The second kappa shape index (κ2) is 9.50. The van der Waals surface area contributed by atoms with Crippen molar-refractivity contribution >= 4 is 5.91 Å². The molecular formula is C28H22N4O2. The largest absolute Gasteiger partial charge is 0.416 e. The van der Waals surface area contributed by atoms with Gasteiger partial charge in [-0.15, -0.1) is 10.2 Å². The van der Waals surface area contributed by atoms with Crippen LogP contribution >= 0.6 is 0 Å². The zero-order chi connectivity index (χ0) is 23.3. The number of benzene rings is 3. The van der Waals surface area contributed by atoms with Crippen LogP contribution in [0.5, 0.6) is 0 Å². The highest BCUT2D eigenvalue weighted by Gasteiger charge is 2.19. The molecule has 34 heavy (non-hydrogen) atoms. The van der Waals surface area contributed by atoms with Crippen LogP contribution in [0.2, 0.25) is 0 Å². The summed E-state index contributed by atoms with van der Waals surface area (Å²) in [5.41, 5.74) is 4.99. The molecule has 6 heteroatoms. The van der Waals surface area contributed by atoms with E-state index in [1.165, 1.54) is 0 Å². The van der Waals surface area contributed by atoms with Gasteiger partial charge in [-0.3, -0.25) is 9.78 Å². The minimum Gasteiger partial charge on any atom is -0.416 e. The van der Waals surface area contributed by atoms with Crippen molar-refractivity contribution in [2.75, 3.05) is 0 Å². The Morgan fingerprint density at radius 1 is 0.794 bits per heavy atom. The Kier molecular flexibility index (Phi) is 5.95. The molecule has 0 bridgehead atoms. The van der Waals surface area contributed by atoms with Crippen molar-refractivity contribution in [1.29, 1.82) is 0 Å². The van der Waals surface area contributed by atoms with Crippen LogP contribution in [0.3, 0.4) is 0 Å². The number of nitrogens with zero attached hydrogens (tertiary/aromatic N) is 3. The number of nitrogens with one attached hydrogen (secondary N) is 1. The van der Waals surface area contributed by atoms with E-state index < -0.39 is 0 Å². The summed E-state index contributed by atoms with van der Waals surface area (Å²) in [7, 11) is 0. The number of carbonyl (C=O) groups is 1. The molecule has 1 amide bonds. The fourth-order valence-electron chi connectivity index (χ4n) is 3.73. The van der Waals surface area contributed by atoms with Crippen LogP contribution in [0.4, 0.5) is 0 Å². The van der Waals surface area contributed by atoms with Gasteiger partial charge in [-0.2, -0.15) is 0 Å². The van der Waals surface area contributed by atoms with Crippen molar-refractivity contribution in [1.82, 2.24) is 20.5 Å². The second-order valence-corrected chi connectivity index (χ2v) is 7.93. The van der Waals surface area contributed by atoms with Gasteiger partial charge in [0.25, 0.3) is 5.91 Å². The number of carbonyl (C=O) groups excluding carboxylic acids is 1. The van der Waals surface area contributed by atoms with Gasteiger partial charge >= 0.3 is 0 Å². The predicted octanol–water partition coefficient (Wildman–Crippen LogP) is 5.63. The van der Waals surface area contributed by atoms with E-state index in [0.717, 1.165) is 27.9 Å². The summed E-state index contributed by atoms with van der Waals surface area (Å²) in [4.78, 5) is 17.5. The lowest BCUT2D eigenvalue weighted by Gasteiger charge is -2.19. The van der Waals surface area contributed by atoms with E-state index in [4.69, 9.17) is 4.42 Å². The molecule has 166 valence electrons. The Labute approximate surface area is 197 Å². The number of aromatic nitrogens is 3. The molecule has 0 aliphatic rings. The third-order valence-electron chi connectivity index (χ3n) is 5.48. The lowest BCUT2D eigenvalue weighted by atomic mass is 10.0. The topological polar surface area (TPSA) is 80.9 Å². The summed E-state index contributed by atoms with van der Waals surface area (Å²) in [6.45, 7) is 2.01. The van der Waals surface area contributed by atoms with E-state index in [1.807, 2.05) is 79.7 Å². The normalized spacial score (nSPS) is 11.7. The molecule has 3 aromatic carbocycles. The second-order valence-electron chi connectivity index (χ2n) is 7.93. The molecule has 0 saturated heterocycles. The monoisotopic (exact) mass is 446 g/mol. The average Bonchev–Trinajstić information content (AvgIpc) is 3.39. The Balaban J connectivity index is 1.35. The van der Waals surface area contributed by atoms with Gasteiger partial charge in [0.15, 0.2) is 0 Å². The van der Waals surface area contributed by atoms with Crippen molar-refractivity contribution < 1.29 is 9.21 Å². The van der Waals surface area contributed by atoms with Crippen molar-refractivity contribution in [3.63, 3.8) is 0 Å². The minimum absolute atomic E-state index is 0.197. The summed E-state index contributed by atoms with van der Waals surface area (Å²) in [6.07, 6.45) is 1.72. The van der Waals surface area contributed by atoms with Crippen LogP contribution in [0.1, 0.15) is 33.2 Å². The standard InChI is InChI=1S/C28H22N4O2/c1-19-8-7-11-23(18-19)28-32-31-27(34-28)22-15-13-21(14-16-22)26(33)30-25(20-9-3-2-4-10-20)24-12-5-6-17-29-24/h2-18,25H,1H3,(H,30,33). The number of pyridine rings is 1. The van der Waals surface area contributed by atoms with Gasteiger partial charge in [0.2, 0.25) is 11.8 Å². The molecule has 0 radical (unpaired) electrons. The van der Waals surface area contributed by atoms with Crippen LogP contribution in [-0.2, 0) is 0 Å². The molecule has 0 fully saturated rings. The number of rotatable bonds is 6. The summed E-state index contributed by atoms with van der Waals surface area (Å²) >= 11 is 0. The maximum atomic E-state index is 13.1. The lowest BCUT2D eigenvalue weighted by molar-refractivity contribution is 0.0942. The van der Waals surface area contributed by atoms with E-state index in [-0.39, 0.29) is 11.9 Å². The van der Waals surface area contributed by atoms with Crippen LogP contribution in [0.25, 0.3) is 22.9 Å². The number of aryl methyl sites for hydroxylation is 1. The first-order valence-corrected chi connectivity index (χ1v) is 10.9. The Hall–Kier alpha value is -4.58. The zero-order valence-electron chi connectivity index (χ0n) is 18.6. The van der Waals surface area contributed by atoms with E-state index >= 15 is 0 Å². The first kappa shape index (κ1) is 21.3. The van der Waals surface area contributed by atoms with Gasteiger partial charge in [-0.1, -0.05) is 54.1 Å². The Bertz CT molecular complexity index is 1360. The maximum Gasteiger partial charge on any atom is 0.252 e. The predicted molar refractivity (Wildman–Crippen MR) is 130 cm³/mol. The SMILES string of the molecule is Cc1cccc(-c2nnc(-c3ccc(C(=O)NC(c4ccccc4)c4ccccn4)cc3)o2)c1. The summed E-state index contributed by atoms with van der Waals surface area (Å²) in [6, 6.07) is 30.1. The van der Waals surface area contributed by atoms with Crippen molar-refractivity contribution in [3.05, 3.63) is 126 Å². The van der Waals surface area contributed by atoms with Crippen molar-refractivity contribution in [3.8, 4) is 22.9 Å². The highest BCUT2D eigenvalue weighted by Crippen LogP contribution is 2.25. The minimum atomic E-state index is -0.359. The number of hydrogen-bond acceptors (Lipinski definition) is 5. The molecule has 0 saturated carbocycles. The van der Waals surface area contributed by atoms with Gasteiger partial charge < -0.3 is 9.73 Å². The molecule has 5 rings (SSSR count). The third kappa shape index (κ3) is 4.61. The van der Waals surface area contributed by atoms with Gasteiger partial charge in [-0.05, 0) is 61.0 Å². The molecule has 1 atom stereocenters. The van der Waals surface area contributed by atoms with Crippen LogP contribution in [0.15, 0.2) is 108 Å². The molecule has 0 aliphatic carbocycles. The molecule has 0 spiro atoms. The van der Waals surface area contributed by atoms with Gasteiger partial charge in [0.05, 0.1) is 11.7 Å². The smallest absolute Gasteiger partial charge is 0.252 e. The molecule has 6 nitrogen and oxygen atoms in total. The Morgan fingerprint density at radius 2 is 1.53 bits per heavy atom. The average molecular weight is 447 g/mol. The van der Waals surface area contributed by atoms with E-state index in [1.54, 1.807) is 30.5 Å². The highest BCUT2D eigenvalue weighted by molar-refractivity contribution is 5.95. The fraction of sp³-hybridized carbons (Fsp3) is 0.0714. The van der Waals surface area contributed by atoms with E-state index in [2.05, 4.69) is 20.5 Å². The number of hydrogen-bond donors (Lipinski definition) is 1.